The van der Waals surface area contributed by atoms with E-state index in [4.69, 9.17) is 9.56 Å². The van der Waals surface area contributed by atoms with Gasteiger partial charge < -0.3 is 9.73 Å². The zero-order valence-electron chi connectivity index (χ0n) is 10.6. The molecule has 1 heterocycles. The third-order valence-corrected chi connectivity index (χ3v) is 2.89. The van der Waals surface area contributed by atoms with Crippen molar-refractivity contribution in [3.8, 4) is 0 Å². The van der Waals surface area contributed by atoms with E-state index < -0.39 is 10.2 Å². The van der Waals surface area contributed by atoms with Gasteiger partial charge in [0.1, 0.15) is 12.0 Å². The van der Waals surface area contributed by atoms with Gasteiger partial charge in [-0.1, -0.05) is 6.07 Å². The molecule has 2 aromatic rings. The van der Waals surface area contributed by atoms with E-state index in [1.165, 1.54) is 18.4 Å². The van der Waals surface area contributed by atoms with Crippen LogP contribution in [-0.2, 0) is 10.2 Å². The van der Waals surface area contributed by atoms with Crippen molar-refractivity contribution in [1.82, 2.24) is 0 Å². The average Bonchev–Trinajstić information content (AvgIpc) is 2.74. The van der Waals surface area contributed by atoms with Gasteiger partial charge in [-0.3, -0.25) is 9.52 Å². The summed E-state index contributed by atoms with van der Waals surface area (Å²) in [6, 6.07) is 7.78. The number of hydrogen-bond acceptors (Lipinski definition) is 4. The highest BCUT2D eigenvalue weighted by Gasteiger charge is 2.09. The minimum atomic E-state index is -3.85. The Morgan fingerprint density at radius 3 is 2.55 bits per heavy atom. The summed E-state index contributed by atoms with van der Waals surface area (Å²) in [5.41, 5.74) is 1.07. The molecule has 0 saturated carbocycles. The van der Waals surface area contributed by atoms with Crippen molar-refractivity contribution in [2.24, 2.45) is 5.14 Å². The second-order valence-corrected chi connectivity index (χ2v) is 5.42. The normalized spacial score (nSPS) is 11.1. The smallest absolute Gasteiger partial charge is 0.296 e. The van der Waals surface area contributed by atoms with E-state index in [0.29, 0.717) is 17.0 Å². The number of nitrogens with one attached hydrogen (secondary N) is 2. The maximum Gasteiger partial charge on any atom is 0.296 e. The minimum Gasteiger partial charge on any atom is -0.469 e. The Hall–Kier alpha value is -2.32. The number of benzene rings is 1. The molecule has 106 valence electrons. The monoisotopic (exact) mass is 295 g/mol. The number of aryl methyl sites for hydroxylation is 1. The number of furan rings is 1. The Morgan fingerprint density at radius 2 is 1.95 bits per heavy atom. The SMILES string of the molecule is Cc1cc(C(=O)Nc2cccc(NS(N)(=O)=O)c2)co1. The van der Waals surface area contributed by atoms with E-state index in [2.05, 4.69) is 10.0 Å². The van der Waals surface area contributed by atoms with E-state index in [1.807, 2.05) is 0 Å². The second-order valence-electron chi connectivity index (χ2n) is 4.13. The first kappa shape index (κ1) is 14.1. The van der Waals surface area contributed by atoms with Gasteiger partial charge in [-0.25, -0.2) is 5.14 Å². The van der Waals surface area contributed by atoms with E-state index in [0.717, 1.165) is 0 Å². The summed E-state index contributed by atoms with van der Waals surface area (Å²) in [5.74, 6) is 0.273. The van der Waals surface area contributed by atoms with Gasteiger partial charge in [-0.05, 0) is 31.2 Å². The van der Waals surface area contributed by atoms with Crippen LogP contribution in [0.15, 0.2) is 41.0 Å². The van der Waals surface area contributed by atoms with E-state index in [9.17, 15) is 13.2 Å². The zero-order chi connectivity index (χ0) is 14.8. The van der Waals surface area contributed by atoms with Crippen LogP contribution in [0.25, 0.3) is 0 Å². The van der Waals surface area contributed by atoms with Gasteiger partial charge in [0.15, 0.2) is 0 Å². The van der Waals surface area contributed by atoms with Crippen LogP contribution >= 0.6 is 0 Å². The van der Waals surface area contributed by atoms with Crippen molar-refractivity contribution in [3.05, 3.63) is 47.9 Å². The van der Waals surface area contributed by atoms with Gasteiger partial charge in [0.05, 0.1) is 11.3 Å². The van der Waals surface area contributed by atoms with Gasteiger partial charge in [0.25, 0.3) is 16.1 Å². The lowest BCUT2D eigenvalue weighted by Gasteiger charge is -2.07. The molecule has 0 aliphatic carbocycles. The summed E-state index contributed by atoms with van der Waals surface area (Å²) in [4.78, 5) is 11.9. The summed E-state index contributed by atoms with van der Waals surface area (Å²) in [6.45, 7) is 1.73. The molecule has 0 fully saturated rings. The first-order chi connectivity index (χ1) is 9.33. The molecule has 7 nitrogen and oxygen atoms in total. The summed E-state index contributed by atoms with van der Waals surface area (Å²) < 4.78 is 29.0. The molecular formula is C12H13N3O4S. The molecule has 0 bridgehead atoms. The standard InChI is InChI=1S/C12H13N3O4S/c1-8-5-9(7-19-8)12(16)14-10-3-2-4-11(6-10)15-20(13,17)18/h2-7,15H,1H3,(H,14,16)(H2,13,17,18). The molecule has 0 spiro atoms. The predicted octanol–water partition coefficient (Wildman–Crippen LogP) is 1.46. The highest BCUT2D eigenvalue weighted by atomic mass is 32.2. The van der Waals surface area contributed by atoms with Crippen LogP contribution in [0.3, 0.4) is 0 Å². The molecule has 8 heteroatoms. The molecule has 2 rings (SSSR count). The van der Waals surface area contributed by atoms with E-state index >= 15 is 0 Å². The van der Waals surface area contributed by atoms with Crippen LogP contribution in [0.2, 0.25) is 0 Å². The highest BCUT2D eigenvalue weighted by Crippen LogP contribution is 2.17. The maximum absolute atomic E-state index is 11.9. The third kappa shape index (κ3) is 3.84. The molecule has 0 aliphatic rings. The van der Waals surface area contributed by atoms with Crippen molar-refractivity contribution in [3.63, 3.8) is 0 Å². The highest BCUT2D eigenvalue weighted by molar-refractivity contribution is 7.90. The molecule has 1 aromatic carbocycles. The zero-order valence-corrected chi connectivity index (χ0v) is 11.4. The molecule has 0 atom stereocenters. The van der Waals surface area contributed by atoms with E-state index in [1.54, 1.807) is 25.1 Å². The summed E-state index contributed by atoms with van der Waals surface area (Å²) >= 11 is 0. The van der Waals surface area contributed by atoms with Crippen LogP contribution in [0, 0.1) is 6.92 Å². The molecule has 0 saturated heterocycles. The van der Waals surface area contributed by atoms with Crippen molar-refractivity contribution in [2.45, 2.75) is 6.92 Å². The largest absolute Gasteiger partial charge is 0.469 e. The summed E-state index contributed by atoms with van der Waals surface area (Å²) in [5, 5.41) is 7.50. The van der Waals surface area contributed by atoms with E-state index in [-0.39, 0.29) is 11.6 Å². The fourth-order valence-electron chi connectivity index (χ4n) is 1.59. The lowest BCUT2D eigenvalue weighted by atomic mass is 10.2. The van der Waals surface area contributed by atoms with Crippen LogP contribution in [0.1, 0.15) is 16.1 Å². The summed E-state index contributed by atoms with van der Waals surface area (Å²) in [6.07, 6.45) is 1.34. The fraction of sp³-hybridized carbons (Fsp3) is 0.0833. The first-order valence-corrected chi connectivity index (χ1v) is 7.15. The molecule has 20 heavy (non-hydrogen) atoms. The Morgan fingerprint density at radius 1 is 1.25 bits per heavy atom. The van der Waals surface area contributed by atoms with Gasteiger partial charge in [-0.2, -0.15) is 8.42 Å². The third-order valence-electron chi connectivity index (χ3n) is 2.37. The van der Waals surface area contributed by atoms with Gasteiger partial charge in [-0.15, -0.1) is 0 Å². The van der Waals surface area contributed by atoms with Crippen molar-refractivity contribution in [2.75, 3.05) is 10.0 Å². The van der Waals surface area contributed by atoms with Crippen LogP contribution < -0.4 is 15.2 Å². The number of rotatable bonds is 4. The Kier molecular flexibility index (Phi) is 3.77. The molecule has 4 N–H and O–H groups in total. The number of anilines is 2. The van der Waals surface area contributed by atoms with Crippen LogP contribution in [0.5, 0.6) is 0 Å². The number of nitrogens with two attached hydrogens (primary N) is 1. The number of amides is 1. The average molecular weight is 295 g/mol. The quantitative estimate of drug-likeness (QED) is 0.792. The van der Waals surface area contributed by atoms with Crippen molar-refractivity contribution >= 4 is 27.5 Å². The predicted molar refractivity (Wildman–Crippen MR) is 74.6 cm³/mol. The van der Waals surface area contributed by atoms with Crippen LogP contribution in [0.4, 0.5) is 11.4 Å². The lowest BCUT2D eigenvalue weighted by molar-refractivity contribution is 0.102. The molecule has 0 aliphatic heterocycles. The number of carbonyl (C=O) groups is 1. The number of hydrogen-bond donors (Lipinski definition) is 3. The molecule has 0 unspecified atom stereocenters. The molecule has 1 amide bonds. The Balaban J connectivity index is 2.14. The molecule has 0 radical (unpaired) electrons. The van der Waals surface area contributed by atoms with Crippen molar-refractivity contribution in [1.29, 1.82) is 0 Å². The number of carbonyl (C=O) groups excluding carboxylic acids is 1. The Labute approximate surface area is 116 Å². The first-order valence-electron chi connectivity index (χ1n) is 5.60. The maximum atomic E-state index is 11.9. The van der Waals surface area contributed by atoms with Gasteiger partial charge in [0, 0.05) is 5.69 Å². The lowest BCUT2D eigenvalue weighted by Crippen LogP contribution is -2.21. The van der Waals surface area contributed by atoms with Gasteiger partial charge >= 0.3 is 0 Å². The minimum absolute atomic E-state index is 0.258. The Bertz CT molecular complexity index is 737. The van der Waals surface area contributed by atoms with Gasteiger partial charge in [0.2, 0.25) is 0 Å². The molecular weight excluding hydrogens is 282 g/mol. The fourth-order valence-corrected chi connectivity index (χ4v) is 2.05. The second kappa shape index (κ2) is 5.35. The summed E-state index contributed by atoms with van der Waals surface area (Å²) in [7, 11) is -3.85. The topological polar surface area (TPSA) is 114 Å². The van der Waals surface area contributed by atoms with Crippen LogP contribution in [-0.4, -0.2) is 14.3 Å². The molecule has 1 aromatic heterocycles. The van der Waals surface area contributed by atoms with Crippen molar-refractivity contribution < 1.29 is 17.6 Å².